The van der Waals surface area contributed by atoms with E-state index in [0.717, 1.165) is 67.3 Å². The Morgan fingerprint density at radius 2 is 1.89 bits per heavy atom. The van der Waals surface area contributed by atoms with Gasteiger partial charge in [-0.05, 0) is 74.9 Å². The van der Waals surface area contributed by atoms with E-state index in [1.807, 2.05) is 24.3 Å². The van der Waals surface area contributed by atoms with E-state index in [0.29, 0.717) is 19.0 Å². The first-order chi connectivity index (χ1) is 17.6. The molecule has 6 rings (SSSR count). The van der Waals surface area contributed by atoms with E-state index >= 15 is 0 Å². The fourth-order valence-electron chi connectivity index (χ4n) is 5.01. The van der Waals surface area contributed by atoms with E-state index in [-0.39, 0.29) is 11.8 Å². The maximum absolute atomic E-state index is 12.8. The van der Waals surface area contributed by atoms with E-state index in [1.54, 1.807) is 13.3 Å². The number of piperidine rings is 1. The number of amides is 1. The molecule has 1 amide bonds. The number of likely N-dealkylation sites (N-methyl/N-ethyl adjacent to an activating group) is 1. The molecule has 1 aromatic heterocycles. The number of methoxy groups -OCH3 is 1. The summed E-state index contributed by atoms with van der Waals surface area (Å²) >= 11 is 0. The third kappa shape index (κ3) is 5.83. The first-order valence-corrected chi connectivity index (χ1v) is 12.6. The van der Waals surface area contributed by atoms with Crippen LogP contribution in [-0.2, 0) is 17.9 Å². The molecular weight excluding hydrogens is 452 g/mol. The lowest BCUT2D eigenvalue weighted by Crippen LogP contribution is -2.42. The van der Waals surface area contributed by atoms with Crippen molar-refractivity contribution in [3.8, 4) is 17.0 Å². The van der Waals surface area contributed by atoms with Gasteiger partial charge in [0.25, 0.3) is 0 Å². The molecule has 2 aromatic carbocycles. The molecule has 0 radical (unpaired) electrons. The fourth-order valence-corrected chi connectivity index (χ4v) is 5.01. The van der Waals surface area contributed by atoms with E-state index in [2.05, 4.69) is 56.7 Å². The molecule has 8 heteroatoms. The van der Waals surface area contributed by atoms with Gasteiger partial charge in [0.2, 0.25) is 11.9 Å². The largest absolute Gasteiger partial charge is 0.496 e. The smallest absolute Gasteiger partial charge is 0.227 e. The van der Waals surface area contributed by atoms with Gasteiger partial charge in [-0.25, -0.2) is 9.97 Å². The Kier molecular flexibility index (Phi) is 7.44. The highest BCUT2D eigenvalue weighted by atomic mass is 16.5. The summed E-state index contributed by atoms with van der Waals surface area (Å²) in [5, 5.41) is 6.53. The zero-order valence-electron chi connectivity index (χ0n) is 21.0. The van der Waals surface area contributed by atoms with Gasteiger partial charge in [-0.2, -0.15) is 0 Å². The molecule has 8 nitrogen and oxygen atoms in total. The summed E-state index contributed by atoms with van der Waals surface area (Å²) in [4.78, 5) is 26.6. The summed E-state index contributed by atoms with van der Waals surface area (Å²) < 4.78 is 5.63. The molecule has 0 atom stereocenters. The van der Waals surface area contributed by atoms with Crippen molar-refractivity contribution >= 4 is 17.5 Å². The lowest BCUT2D eigenvalue weighted by Gasteiger charge is -2.31. The van der Waals surface area contributed by atoms with Gasteiger partial charge in [-0.3, -0.25) is 9.69 Å². The molecule has 188 valence electrons. The van der Waals surface area contributed by atoms with Crippen molar-refractivity contribution in [3.05, 3.63) is 65.9 Å². The summed E-state index contributed by atoms with van der Waals surface area (Å²) in [6, 6.07) is 16.4. The molecule has 8 bridgehead atoms. The fraction of sp³-hybridized carbons (Fsp3) is 0.393. The number of benzene rings is 2. The molecule has 0 unspecified atom stereocenters. The lowest BCUT2D eigenvalue weighted by molar-refractivity contribution is -0.126. The van der Waals surface area contributed by atoms with Crippen LogP contribution in [0.1, 0.15) is 24.0 Å². The number of hydrogen-bond donors (Lipinski definition) is 2. The van der Waals surface area contributed by atoms with E-state index in [4.69, 9.17) is 9.72 Å². The summed E-state index contributed by atoms with van der Waals surface area (Å²) in [6.07, 6.45) is 3.57. The molecular formula is C28H34N6O2. The molecule has 0 aliphatic carbocycles. The van der Waals surface area contributed by atoms with Crippen LogP contribution in [0, 0.1) is 5.92 Å². The number of carbonyl (C=O) groups is 1. The molecule has 4 heterocycles. The van der Waals surface area contributed by atoms with Gasteiger partial charge in [-0.15, -0.1) is 0 Å². The minimum atomic E-state index is 0.0916. The van der Waals surface area contributed by atoms with E-state index in [9.17, 15) is 4.79 Å². The van der Waals surface area contributed by atoms with Crippen molar-refractivity contribution in [2.24, 2.45) is 5.92 Å². The van der Waals surface area contributed by atoms with Crippen molar-refractivity contribution in [1.29, 1.82) is 0 Å². The molecule has 1 fully saturated rings. The average Bonchev–Trinajstić information content (AvgIpc) is 2.89. The third-order valence-electron chi connectivity index (χ3n) is 7.01. The number of fused-ring (bicyclic) bond motifs is 7. The number of carbonyl (C=O) groups excluding carboxylic acids is 1. The molecule has 0 saturated carbocycles. The normalized spacial score (nSPS) is 21.1. The maximum Gasteiger partial charge on any atom is 0.227 e. The Morgan fingerprint density at radius 3 is 2.72 bits per heavy atom. The Labute approximate surface area is 212 Å². The average molecular weight is 487 g/mol. The van der Waals surface area contributed by atoms with Crippen LogP contribution < -0.4 is 15.4 Å². The SMILES string of the molecule is COc1ccc2cc1CN(C)CCNC(=O)C1CCN(CC1)Cc1cccc(c1)Nc1nccc-2n1. The second-order valence-corrected chi connectivity index (χ2v) is 9.70. The number of ether oxygens (including phenoxy) is 1. The third-order valence-corrected chi connectivity index (χ3v) is 7.01. The molecule has 1 saturated heterocycles. The predicted molar refractivity (Wildman–Crippen MR) is 141 cm³/mol. The number of aromatic nitrogens is 2. The van der Waals surface area contributed by atoms with Crippen molar-refractivity contribution in [2.75, 3.05) is 45.7 Å². The highest BCUT2D eigenvalue weighted by Crippen LogP contribution is 2.28. The Balaban J connectivity index is 1.45. The first kappa shape index (κ1) is 24.2. The Bertz CT molecular complexity index is 1210. The number of hydrogen-bond acceptors (Lipinski definition) is 7. The molecule has 3 aliphatic rings. The van der Waals surface area contributed by atoms with Gasteiger partial charge in [0.1, 0.15) is 5.75 Å². The Morgan fingerprint density at radius 1 is 1.03 bits per heavy atom. The molecule has 36 heavy (non-hydrogen) atoms. The van der Waals surface area contributed by atoms with Crippen molar-refractivity contribution in [2.45, 2.75) is 25.9 Å². The zero-order chi connectivity index (χ0) is 24.9. The summed E-state index contributed by atoms with van der Waals surface area (Å²) in [6.45, 7) is 4.81. The van der Waals surface area contributed by atoms with Crippen molar-refractivity contribution in [1.82, 2.24) is 25.1 Å². The van der Waals surface area contributed by atoms with Crippen LogP contribution in [0.3, 0.4) is 0 Å². The van der Waals surface area contributed by atoms with Gasteiger partial charge < -0.3 is 20.3 Å². The van der Waals surface area contributed by atoms with Crippen LogP contribution in [-0.4, -0.2) is 66.0 Å². The first-order valence-electron chi connectivity index (χ1n) is 12.6. The summed E-state index contributed by atoms with van der Waals surface area (Å²) in [7, 11) is 3.75. The number of rotatable bonds is 1. The van der Waals surface area contributed by atoms with Gasteiger partial charge in [0.15, 0.2) is 0 Å². The highest BCUT2D eigenvalue weighted by molar-refractivity contribution is 5.78. The monoisotopic (exact) mass is 486 g/mol. The maximum atomic E-state index is 12.8. The van der Waals surface area contributed by atoms with Crippen LogP contribution >= 0.6 is 0 Å². The van der Waals surface area contributed by atoms with Crippen LogP contribution in [0.2, 0.25) is 0 Å². The Hall–Kier alpha value is -3.49. The molecule has 0 spiro atoms. The molecule has 2 N–H and O–H groups in total. The second-order valence-electron chi connectivity index (χ2n) is 9.70. The minimum absolute atomic E-state index is 0.0916. The van der Waals surface area contributed by atoms with E-state index in [1.165, 1.54) is 5.56 Å². The summed E-state index contributed by atoms with van der Waals surface area (Å²) in [5.41, 5.74) is 5.11. The quantitative estimate of drug-likeness (QED) is 0.543. The van der Waals surface area contributed by atoms with Gasteiger partial charge >= 0.3 is 0 Å². The van der Waals surface area contributed by atoms with Gasteiger partial charge in [0.05, 0.1) is 12.8 Å². The lowest BCUT2D eigenvalue weighted by atomic mass is 9.95. The standard InChI is InChI=1S/C28H34N6O2/c1-33-15-12-29-27(35)21-9-13-34(14-10-21)18-20-4-3-5-24(16-20)31-28-30-11-8-25(32-28)22-6-7-26(36-2)23(17-22)19-33/h3-8,11,16-17,21H,9-10,12-15,18-19H2,1-2H3,(H,29,35)(H,30,31,32). The second kappa shape index (κ2) is 11.1. The predicted octanol–water partition coefficient (Wildman–Crippen LogP) is 3.67. The van der Waals surface area contributed by atoms with Crippen molar-refractivity contribution in [3.63, 3.8) is 0 Å². The van der Waals surface area contributed by atoms with Gasteiger partial charge in [-0.1, -0.05) is 12.1 Å². The number of anilines is 2. The van der Waals surface area contributed by atoms with Crippen LogP contribution in [0.25, 0.3) is 11.3 Å². The number of nitrogens with one attached hydrogen (secondary N) is 2. The topological polar surface area (TPSA) is 82.6 Å². The van der Waals surface area contributed by atoms with Crippen LogP contribution in [0.5, 0.6) is 5.75 Å². The van der Waals surface area contributed by atoms with Gasteiger partial charge in [0, 0.05) is 55.1 Å². The molecule has 3 aliphatic heterocycles. The van der Waals surface area contributed by atoms with Crippen LogP contribution in [0.4, 0.5) is 11.6 Å². The van der Waals surface area contributed by atoms with Crippen molar-refractivity contribution < 1.29 is 9.53 Å². The summed E-state index contributed by atoms with van der Waals surface area (Å²) in [5.74, 6) is 1.67. The number of nitrogens with zero attached hydrogens (tertiary/aromatic N) is 4. The van der Waals surface area contributed by atoms with Crippen LogP contribution in [0.15, 0.2) is 54.7 Å². The highest BCUT2D eigenvalue weighted by Gasteiger charge is 2.25. The van der Waals surface area contributed by atoms with E-state index < -0.39 is 0 Å². The minimum Gasteiger partial charge on any atom is -0.496 e. The molecule has 3 aromatic rings. The zero-order valence-corrected chi connectivity index (χ0v) is 21.0.